The van der Waals surface area contributed by atoms with Crippen molar-refractivity contribution < 1.29 is 9.59 Å². The number of H-pyrrole nitrogens is 1. The monoisotopic (exact) mass is 374 g/mol. The number of aromatic nitrogens is 2. The fraction of sp³-hybridized carbons (Fsp3) is 0.444. The zero-order chi connectivity index (χ0) is 18.5. The Morgan fingerprint density at radius 3 is 2.65 bits per heavy atom. The number of fused-ring (bicyclic) bond motifs is 1. The van der Waals surface area contributed by atoms with Crippen LogP contribution >= 0.6 is 12.2 Å². The number of para-hydroxylation sites is 1. The number of likely N-dealkylation sites (tertiary alicyclic amines) is 1. The number of amides is 2. The molecule has 1 aliphatic rings. The number of nitrogens with one attached hydrogen (secondary N) is 2. The van der Waals surface area contributed by atoms with Crippen molar-refractivity contribution in [3.63, 3.8) is 0 Å². The Hall–Kier alpha value is -2.48. The molecule has 2 amide bonds. The van der Waals surface area contributed by atoms with Gasteiger partial charge in [0.1, 0.15) is 0 Å². The van der Waals surface area contributed by atoms with Gasteiger partial charge in [0, 0.05) is 39.0 Å². The van der Waals surface area contributed by atoms with Gasteiger partial charge in [0.2, 0.25) is 11.8 Å². The molecule has 138 valence electrons. The van der Waals surface area contributed by atoms with E-state index in [1.807, 2.05) is 11.0 Å². The molecule has 1 aromatic heterocycles. The molecular formula is C18H22N4O3S. The van der Waals surface area contributed by atoms with Crippen molar-refractivity contribution in [3.8, 4) is 0 Å². The van der Waals surface area contributed by atoms with Crippen LogP contribution in [-0.2, 0) is 16.1 Å². The van der Waals surface area contributed by atoms with Gasteiger partial charge in [-0.2, -0.15) is 0 Å². The van der Waals surface area contributed by atoms with E-state index in [1.54, 1.807) is 18.2 Å². The minimum atomic E-state index is -0.207. The van der Waals surface area contributed by atoms with Crippen LogP contribution in [0, 0.1) is 4.77 Å². The number of aromatic amines is 1. The first-order valence-corrected chi connectivity index (χ1v) is 9.23. The number of hydrogen-bond acceptors (Lipinski definition) is 4. The lowest BCUT2D eigenvalue weighted by Crippen LogP contribution is -2.33. The number of benzene rings is 1. The SMILES string of the molecule is O=C(CCn1c(=S)[nH]c2ccccc2c1=O)NCCC(=O)N1CCCC1. The Morgan fingerprint density at radius 2 is 1.88 bits per heavy atom. The van der Waals surface area contributed by atoms with Crippen molar-refractivity contribution in [3.05, 3.63) is 39.4 Å². The summed E-state index contributed by atoms with van der Waals surface area (Å²) in [4.78, 5) is 41.3. The van der Waals surface area contributed by atoms with Crippen molar-refractivity contribution in [1.29, 1.82) is 0 Å². The quantitative estimate of drug-likeness (QED) is 0.752. The lowest BCUT2D eigenvalue weighted by molar-refractivity contribution is -0.130. The fourth-order valence-corrected chi connectivity index (χ4v) is 3.42. The van der Waals surface area contributed by atoms with Gasteiger partial charge in [-0.3, -0.25) is 19.0 Å². The Bertz CT molecular complexity index is 928. The zero-order valence-electron chi connectivity index (χ0n) is 14.5. The molecule has 0 aliphatic carbocycles. The van der Waals surface area contributed by atoms with E-state index in [0.29, 0.717) is 28.6 Å². The summed E-state index contributed by atoms with van der Waals surface area (Å²) < 4.78 is 1.69. The molecule has 1 saturated heterocycles. The van der Waals surface area contributed by atoms with Gasteiger partial charge in [-0.15, -0.1) is 0 Å². The van der Waals surface area contributed by atoms with E-state index in [0.717, 1.165) is 25.9 Å². The molecular weight excluding hydrogens is 352 g/mol. The topological polar surface area (TPSA) is 87.2 Å². The average molecular weight is 374 g/mol. The molecule has 0 radical (unpaired) electrons. The van der Waals surface area contributed by atoms with Gasteiger partial charge in [-0.05, 0) is 37.2 Å². The standard InChI is InChI=1S/C18H22N4O3S/c23-15(19-9-7-16(24)21-10-3-4-11-21)8-12-22-17(25)13-5-1-2-6-14(13)20-18(22)26/h1-2,5-6H,3-4,7-12H2,(H,19,23)(H,20,26). The Kier molecular flexibility index (Phi) is 5.82. The molecule has 2 heterocycles. The average Bonchev–Trinajstić information content (AvgIpc) is 3.16. The van der Waals surface area contributed by atoms with Crippen molar-refractivity contribution in [2.45, 2.75) is 32.2 Å². The molecule has 2 N–H and O–H groups in total. The number of carbonyl (C=O) groups is 2. The van der Waals surface area contributed by atoms with Crippen LogP contribution in [0.15, 0.2) is 29.1 Å². The van der Waals surface area contributed by atoms with E-state index in [4.69, 9.17) is 12.2 Å². The molecule has 7 nitrogen and oxygen atoms in total. The van der Waals surface area contributed by atoms with Gasteiger partial charge in [-0.1, -0.05) is 12.1 Å². The van der Waals surface area contributed by atoms with Crippen LogP contribution in [0.3, 0.4) is 0 Å². The van der Waals surface area contributed by atoms with Crippen molar-refractivity contribution in [2.24, 2.45) is 0 Å². The summed E-state index contributed by atoms with van der Waals surface area (Å²) in [6.07, 6.45) is 2.55. The summed E-state index contributed by atoms with van der Waals surface area (Å²) in [5, 5.41) is 3.28. The highest BCUT2D eigenvalue weighted by Gasteiger charge is 2.17. The molecule has 8 heteroatoms. The smallest absolute Gasteiger partial charge is 0.262 e. The first kappa shape index (κ1) is 18.3. The van der Waals surface area contributed by atoms with Crippen molar-refractivity contribution in [1.82, 2.24) is 19.8 Å². The summed E-state index contributed by atoms with van der Waals surface area (Å²) in [6.45, 7) is 2.14. The number of carbonyl (C=O) groups excluding carboxylic acids is 2. The lowest BCUT2D eigenvalue weighted by Gasteiger charge is -2.15. The van der Waals surface area contributed by atoms with Crippen LogP contribution in [0.4, 0.5) is 0 Å². The van der Waals surface area contributed by atoms with E-state index >= 15 is 0 Å². The van der Waals surface area contributed by atoms with Gasteiger partial charge in [0.15, 0.2) is 4.77 Å². The zero-order valence-corrected chi connectivity index (χ0v) is 15.3. The molecule has 0 unspecified atom stereocenters. The van der Waals surface area contributed by atoms with Crippen LogP contribution in [0.25, 0.3) is 10.9 Å². The third kappa shape index (κ3) is 4.19. The van der Waals surface area contributed by atoms with Gasteiger partial charge in [0.05, 0.1) is 10.9 Å². The Labute approximate surface area is 156 Å². The first-order chi connectivity index (χ1) is 12.6. The van der Waals surface area contributed by atoms with Crippen LogP contribution in [0.1, 0.15) is 25.7 Å². The van der Waals surface area contributed by atoms with E-state index < -0.39 is 0 Å². The summed E-state index contributed by atoms with van der Waals surface area (Å²) in [7, 11) is 0. The van der Waals surface area contributed by atoms with E-state index in [9.17, 15) is 14.4 Å². The maximum Gasteiger partial charge on any atom is 0.262 e. The molecule has 26 heavy (non-hydrogen) atoms. The normalized spacial score (nSPS) is 13.9. The number of hydrogen-bond donors (Lipinski definition) is 2. The third-order valence-electron chi connectivity index (χ3n) is 4.57. The van der Waals surface area contributed by atoms with Crippen LogP contribution in [0.5, 0.6) is 0 Å². The molecule has 0 spiro atoms. The molecule has 3 rings (SSSR count). The van der Waals surface area contributed by atoms with Gasteiger partial charge < -0.3 is 15.2 Å². The number of nitrogens with zero attached hydrogens (tertiary/aromatic N) is 2. The molecule has 0 bridgehead atoms. The predicted octanol–water partition coefficient (Wildman–Crippen LogP) is 1.58. The van der Waals surface area contributed by atoms with Crippen LogP contribution < -0.4 is 10.9 Å². The largest absolute Gasteiger partial charge is 0.356 e. The van der Waals surface area contributed by atoms with Crippen molar-refractivity contribution in [2.75, 3.05) is 19.6 Å². The molecule has 0 saturated carbocycles. The summed E-state index contributed by atoms with van der Waals surface area (Å²) >= 11 is 5.23. The van der Waals surface area contributed by atoms with E-state index in [1.165, 1.54) is 4.57 Å². The van der Waals surface area contributed by atoms with Crippen molar-refractivity contribution >= 4 is 34.9 Å². The first-order valence-electron chi connectivity index (χ1n) is 8.82. The molecule has 0 atom stereocenters. The van der Waals surface area contributed by atoms with Gasteiger partial charge in [0.25, 0.3) is 5.56 Å². The highest BCUT2D eigenvalue weighted by Crippen LogP contribution is 2.08. The summed E-state index contributed by atoms with van der Waals surface area (Å²) in [6, 6.07) is 7.13. The fourth-order valence-electron chi connectivity index (χ4n) is 3.14. The molecule has 1 aromatic carbocycles. The lowest BCUT2D eigenvalue weighted by atomic mass is 10.2. The van der Waals surface area contributed by atoms with Gasteiger partial charge in [-0.25, -0.2) is 0 Å². The maximum atomic E-state index is 12.5. The van der Waals surface area contributed by atoms with Crippen LogP contribution in [-0.4, -0.2) is 45.9 Å². The molecule has 1 aliphatic heterocycles. The second-order valence-corrected chi connectivity index (χ2v) is 6.76. The third-order valence-corrected chi connectivity index (χ3v) is 4.89. The highest BCUT2D eigenvalue weighted by atomic mass is 32.1. The molecule has 1 fully saturated rings. The van der Waals surface area contributed by atoms with E-state index in [-0.39, 0.29) is 30.3 Å². The number of rotatable bonds is 6. The maximum absolute atomic E-state index is 12.5. The highest BCUT2D eigenvalue weighted by molar-refractivity contribution is 7.71. The Balaban J connectivity index is 1.53. The molecule has 2 aromatic rings. The van der Waals surface area contributed by atoms with E-state index in [2.05, 4.69) is 10.3 Å². The minimum Gasteiger partial charge on any atom is -0.356 e. The summed E-state index contributed by atoms with van der Waals surface area (Å²) in [5.74, 6) is -0.121. The van der Waals surface area contributed by atoms with Crippen LogP contribution in [0.2, 0.25) is 0 Å². The van der Waals surface area contributed by atoms with Gasteiger partial charge >= 0.3 is 0 Å². The Morgan fingerprint density at radius 1 is 1.15 bits per heavy atom. The second kappa shape index (κ2) is 8.27. The summed E-state index contributed by atoms with van der Waals surface area (Å²) in [5.41, 5.74) is 0.477. The minimum absolute atomic E-state index is 0.0796. The predicted molar refractivity (Wildman–Crippen MR) is 101 cm³/mol. The second-order valence-electron chi connectivity index (χ2n) is 6.37.